The molecule has 6 heteroatoms. The Bertz CT molecular complexity index is 1210. The number of nitro groups is 1. The number of pyridine rings is 1. The highest BCUT2D eigenvalue weighted by molar-refractivity contribution is 5.95. The number of benzene rings is 3. The van der Waals surface area contributed by atoms with E-state index in [4.69, 9.17) is 4.74 Å². The van der Waals surface area contributed by atoms with Crippen molar-refractivity contribution in [1.82, 2.24) is 0 Å². The summed E-state index contributed by atoms with van der Waals surface area (Å²) < 4.78 is 7.78. The quantitative estimate of drug-likeness (QED) is 0.208. The van der Waals surface area contributed by atoms with Gasteiger partial charge >= 0.3 is 5.88 Å². The van der Waals surface area contributed by atoms with Gasteiger partial charge in [0.05, 0.1) is 16.4 Å². The monoisotopic (exact) mass is 385 g/mol. The number of non-ortho nitro benzene ring substituents is 1. The van der Waals surface area contributed by atoms with Gasteiger partial charge in [0.2, 0.25) is 12.3 Å². The van der Waals surface area contributed by atoms with Crippen molar-refractivity contribution in [3.63, 3.8) is 0 Å². The molecule has 0 saturated heterocycles. The molecule has 0 radical (unpaired) electrons. The second-order valence-corrected chi connectivity index (χ2v) is 6.48. The Morgan fingerprint density at radius 1 is 0.931 bits per heavy atom. The summed E-state index contributed by atoms with van der Waals surface area (Å²) in [5, 5.41) is 12.8. The molecule has 4 rings (SSSR count). The molecular formula is C23H17N2O4+. The van der Waals surface area contributed by atoms with Gasteiger partial charge in [0.15, 0.2) is 6.20 Å². The van der Waals surface area contributed by atoms with Gasteiger partial charge in [-0.15, -0.1) is 0 Å². The third kappa shape index (κ3) is 3.96. The standard InChI is InChI=1S/C23H17N2O4/c26-22(18-8-2-1-3-9-18)16-24-14-13-17-7-4-5-12-21(17)23(24)29-20-11-6-10-19(15-20)25(27)28/h1-15H,16H2/q+1. The first-order valence-electron chi connectivity index (χ1n) is 9.03. The van der Waals surface area contributed by atoms with Crippen molar-refractivity contribution in [2.24, 2.45) is 0 Å². The zero-order valence-corrected chi connectivity index (χ0v) is 15.4. The lowest BCUT2D eigenvalue weighted by Gasteiger charge is -2.08. The lowest BCUT2D eigenvalue weighted by atomic mass is 10.1. The van der Waals surface area contributed by atoms with Crippen LogP contribution < -0.4 is 9.30 Å². The van der Waals surface area contributed by atoms with Crippen LogP contribution in [0.1, 0.15) is 10.4 Å². The van der Waals surface area contributed by atoms with Gasteiger partial charge in [-0.05, 0) is 17.5 Å². The molecular weight excluding hydrogens is 368 g/mol. The van der Waals surface area contributed by atoms with Crippen molar-refractivity contribution in [2.75, 3.05) is 0 Å². The first-order chi connectivity index (χ1) is 14.1. The van der Waals surface area contributed by atoms with Crippen molar-refractivity contribution in [2.45, 2.75) is 6.54 Å². The predicted molar refractivity (Wildman–Crippen MR) is 108 cm³/mol. The lowest BCUT2D eigenvalue weighted by molar-refractivity contribution is -0.685. The van der Waals surface area contributed by atoms with E-state index in [-0.39, 0.29) is 18.0 Å². The fraction of sp³-hybridized carbons (Fsp3) is 0.0435. The molecule has 0 bridgehead atoms. The Hall–Kier alpha value is -4.06. The van der Waals surface area contributed by atoms with Crippen LogP contribution in [0.15, 0.2) is 91.1 Å². The largest absolute Gasteiger partial charge is 0.404 e. The molecule has 0 atom stereocenters. The molecule has 0 fully saturated rings. The highest BCUT2D eigenvalue weighted by Crippen LogP contribution is 2.28. The number of carbonyl (C=O) groups excluding carboxylic acids is 1. The molecule has 0 aliphatic carbocycles. The van der Waals surface area contributed by atoms with E-state index < -0.39 is 4.92 Å². The van der Waals surface area contributed by atoms with Crippen molar-refractivity contribution < 1.29 is 19.0 Å². The molecule has 0 N–H and O–H groups in total. The summed E-state index contributed by atoms with van der Waals surface area (Å²) in [4.78, 5) is 23.4. The Morgan fingerprint density at radius 2 is 1.69 bits per heavy atom. The molecule has 0 amide bonds. The molecule has 29 heavy (non-hydrogen) atoms. The van der Waals surface area contributed by atoms with E-state index in [1.807, 2.05) is 48.5 Å². The summed E-state index contributed by atoms with van der Waals surface area (Å²) in [5.41, 5.74) is 0.545. The second kappa shape index (κ2) is 7.90. The van der Waals surface area contributed by atoms with Gasteiger partial charge in [0, 0.05) is 17.7 Å². The van der Waals surface area contributed by atoms with E-state index in [1.54, 1.807) is 35.0 Å². The maximum atomic E-state index is 12.7. The number of aromatic nitrogens is 1. The number of fused-ring (bicyclic) bond motifs is 1. The number of hydrogen-bond donors (Lipinski definition) is 0. The molecule has 3 aromatic carbocycles. The molecule has 0 aliphatic heterocycles. The molecule has 6 nitrogen and oxygen atoms in total. The van der Waals surface area contributed by atoms with Gasteiger partial charge in [-0.3, -0.25) is 14.9 Å². The fourth-order valence-corrected chi connectivity index (χ4v) is 3.11. The summed E-state index contributed by atoms with van der Waals surface area (Å²) in [6.45, 7) is 0.0824. The maximum Gasteiger partial charge on any atom is 0.381 e. The molecule has 4 aromatic rings. The van der Waals surface area contributed by atoms with Gasteiger partial charge in [0.1, 0.15) is 5.75 Å². The van der Waals surface area contributed by atoms with Crippen LogP contribution in [0.4, 0.5) is 5.69 Å². The zero-order valence-electron chi connectivity index (χ0n) is 15.4. The summed E-state index contributed by atoms with van der Waals surface area (Å²) in [7, 11) is 0. The van der Waals surface area contributed by atoms with E-state index in [0.29, 0.717) is 17.2 Å². The van der Waals surface area contributed by atoms with Crippen molar-refractivity contribution >= 4 is 22.2 Å². The topological polar surface area (TPSA) is 73.3 Å². The van der Waals surface area contributed by atoms with Gasteiger partial charge in [-0.2, -0.15) is 4.57 Å². The normalized spacial score (nSPS) is 10.6. The smallest absolute Gasteiger partial charge is 0.381 e. The highest BCUT2D eigenvalue weighted by Gasteiger charge is 2.22. The van der Waals surface area contributed by atoms with Crippen LogP contribution in [0, 0.1) is 10.1 Å². The van der Waals surface area contributed by atoms with Crippen LogP contribution in [0.3, 0.4) is 0 Å². The molecule has 0 aliphatic rings. The minimum atomic E-state index is -0.469. The van der Waals surface area contributed by atoms with Crippen molar-refractivity contribution in [3.8, 4) is 11.6 Å². The SMILES string of the molecule is O=C(C[n+]1ccc2ccccc2c1Oc1cccc([N+](=O)[O-])c1)c1ccccc1. The van der Waals surface area contributed by atoms with Crippen molar-refractivity contribution in [3.05, 3.63) is 107 Å². The Morgan fingerprint density at radius 3 is 2.48 bits per heavy atom. The molecule has 142 valence electrons. The number of ether oxygens (including phenoxy) is 1. The number of ketones is 1. The van der Waals surface area contributed by atoms with Crippen LogP contribution in [0.2, 0.25) is 0 Å². The predicted octanol–water partition coefficient (Wildman–Crippen LogP) is 4.71. The van der Waals surface area contributed by atoms with Crippen LogP contribution in [0.5, 0.6) is 11.6 Å². The summed E-state index contributed by atoms with van der Waals surface area (Å²) in [6.07, 6.45) is 1.79. The Labute approximate surface area is 166 Å². The second-order valence-electron chi connectivity index (χ2n) is 6.48. The van der Waals surface area contributed by atoms with Gasteiger partial charge < -0.3 is 4.74 Å². The average Bonchev–Trinajstić information content (AvgIpc) is 2.76. The van der Waals surface area contributed by atoms with Gasteiger partial charge in [-0.25, -0.2) is 0 Å². The van der Waals surface area contributed by atoms with Gasteiger partial charge in [-0.1, -0.05) is 54.6 Å². The molecule has 1 heterocycles. The van der Waals surface area contributed by atoms with E-state index in [1.165, 1.54) is 12.1 Å². The minimum absolute atomic E-state index is 0.0604. The average molecular weight is 385 g/mol. The zero-order chi connectivity index (χ0) is 20.2. The van der Waals surface area contributed by atoms with Crippen LogP contribution >= 0.6 is 0 Å². The Kier molecular flexibility index (Phi) is 4.99. The first kappa shape index (κ1) is 18.3. The molecule has 0 saturated carbocycles. The Balaban J connectivity index is 1.76. The fourth-order valence-electron chi connectivity index (χ4n) is 3.11. The van der Waals surface area contributed by atoms with Crippen LogP contribution in [-0.4, -0.2) is 10.7 Å². The number of Topliss-reactive ketones (excluding diaryl/α,β-unsaturated/α-hetero) is 1. The number of hydrogen-bond acceptors (Lipinski definition) is 4. The van der Waals surface area contributed by atoms with E-state index in [0.717, 1.165) is 10.8 Å². The molecule has 0 spiro atoms. The third-order valence-electron chi connectivity index (χ3n) is 4.54. The summed E-state index contributed by atoms with van der Waals surface area (Å²) >= 11 is 0. The molecule has 1 aromatic heterocycles. The maximum absolute atomic E-state index is 12.7. The minimum Gasteiger partial charge on any atom is -0.404 e. The van der Waals surface area contributed by atoms with Crippen LogP contribution in [-0.2, 0) is 6.54 Å². The lowest BCUT2D eigenvalue weighted by Crippen LogP contribution is -2.39. The van der Waals surface area contributed by atoms with E-state index in [2.05, 4.69) is 0 Å². The molecule has 0 unspecified atom stereocenters. The van der Waals surface area contributed by atoms with Crippen molar-refractivity contribution in [1.29, 1.82) is 0 Å². The number of carbonyl (C=O) groups is 1. The van der Waals surface area contributed by atoms with E-state index >= 15 is 0 Å². The first-order valence-corrected chi connectivity index (χ1v) is 9.03. The number of rotatable bonds is 6. The number of nitro benzene ring substituents is 1. The highest BCUT2D eigenvalue weighted by atomic mass is 16.6. The van der Waals surface area contributed by atoms with Crippen LogP contribution in [0.25, 0.3) is 10.8 Å². The summed E-state index contributed by atoms with van der Waals surface area (Å²) in [5.74, 6) is 0.721. The third-order valence-corrected chi connectivity index (χ3v) is 4.54. The van der Waals surface area contributed by atoms with E-state index in [9.17, 15) is 14.9 Å². The number of nitrogens with zero attached hydrogens (tertiary/aromatic N) is 2. The van der Waals surface area contributed by atoms with Gasteiger partial charge in [0.25, 0.3) is 5.69 Å². The summed E-state index contributed by atoms with van der Waals surface area (Å²) in [6, 6.07) is 24.6.